The molecule has 0 amide bonds. The van der Waals surface area contributed by atoms with Crippen LogP contribution in [0.4, 0.5) is 0 Å². The molecule has 32 heavy (non-hydrogen) atoms. The minimum Gasteiger partial charge on any atom is -0.394 e. The fourth-order valence-electron chi connectivity index (χ4n) is 4.33. The lowest BCUT2D eigenvalue weighted by atomic mass is 9.84. The van der Waals surface area contributed by atoms with Crippen molar-refractivity contribution in [2.24, 2.45) is 22.9 Å². The Morgan fingerprint density at radius 3 is 2.06 bits per heavy atom. The lowest BCUT2D eigenvalue weighted by Crippen LogP contribution is -2.68. The number of hydrogen-bond donors (Lipinski definition) is 10. The first-order chi connectivity index (χ1) is 14.9. The molecule has 188 valence electrons. The van der Waals surface area contributed by atoms with E-state index in [1.54, 1.807) is 0 Å². The average Bonchev–Trinajstić information content (AvgIpc) is 2.98. The topological polar surface area (TPSA) is 262 Å². The number of rotatable bonds is 6. The molecule has 3 fully saturated rings. The molecule has 3 rings (SSSR count). The summed E-state index contributed by atoms with van der Waals surface area (Å²) in [6.45, 7) is 0.793. The van der Waals surface area contributed by atoms with Crippen molar-refractivity contribution in [1.82, 2.24) is 0 Å². The van der Waals surface area contributed by atoms with Crippen LogP contribution in [0.5, 0.6) is 0 Å². The highest BCUT2D eigenvalue weighted by Gasteiger charge is 2.55. The van der Waals surface area contributed by atoms with Crippen LogP contribution in [-0.4, -0.2) is 129 Å². The lowest BCUT2D eigenvalue weighted by molar-refractivity contribution is -0.312. The first-order valence-electron chi connectivity index (χ1n) is 10.6. The average molecular weight is 469 g/mol. The minimum atomic E-state index is -1.48. The monoisotopic (exact) mass is 468 g/mol. The van der Waals surface area contributed by atoms with E-state index in [9.17, 15) is 30.6 Å². The summed E-state index contributed by atoms with van der Waals surface area (Å²) in [4.78, 5) is 0. The Morgan fingerprint density at radius 1 is 0.875 bits per heavy atom. The van der Waals surface area contributed by atoms with Crippen LogP contribution in [0.3, 0.4) is 0 Å². The van der Waals surface area contributed by atoms with Crippen LogP contribution in [0.15, 0.2) is 0 Å². The zero-order chi connectivity index (χ0) is 24.0. The molecule has 14 heteroatoms. The maximum absolute atomic E-state index is 10.7. The molecule has 14 nitrogen and oxygen atoms in total. The van der Waals surface area contributed by atoms with Crippen LogP contribution in [0, 0.1) is 0 Å². The summed E-state index contributed by atoms with van der Waals surface area (Å²) >= 11 is 0. The molecular weight excluding hydrogens is 432 g/mol. The maximum atomic E-state index is 10.7. The van der Waals surface area contributed by atoms with Gasteiger partial charge in [-0.2, -0.15) is 0 Å². The van der Waals surface area contributed by atoms with Gasteiger partial charge >= 0.3 is 0 Å². The highest BCUT2D eigenvalue weighted by molar-refractivity contribution is 5.03. The number of ether oxygens (including phenoxy) is 4. The Balaban J connectivity index is 1.80. The van der Waals surface area contributed by atoms with Gasteiger partial charge in [0.15, 0.2) is 12.6 Å². The molecule has 0 bridgehead atoms. The molecule has 3 aliphatic rings. The normalized spacial score (nSPS) is 54.7. The number of nitrogens with two attached hydrogens (primary N) is 4. The molecule has 9 unspecified atom stereocenters. The Bertz CT molecular complexity index is 635. The second kappa shape index (κ2) is 9.97. The molecule has 2 saturated heterocycles. The van der Waals surface area contributed by atoms with Gasteiger partial charge in [-0.05, 0) is 13.3 Å². The first kappa shape index (κ1) is 26.1. The minimum absolute atomic E-state index is 0.106. The maximum Gasteiger partial charge on any atom is 0.187 e. The van der Waals surface area contributed by atoms with Gasteiger partial charge in [0.05, 0.1) is 18.8 Å². The summed E-state index contributed by atoms with van der Waals surface area (Å²) in [7, 11) is 0. The van der Waals surface area contributed by atoms with Gasteiger partial charge in [-0.3, -0.25) is 0 Å². The quantitative estimate of drug-likeness (QED) is 0.174. The summed E-state index contributed by atoms with van der Waals surface area (Å²) in [5.74, 6) is 0. The zero-order valence-electron chi connectivity index (χ0n) is 17.8. The van der Waals surface area contributed by atoms with E-state index in [1.807, 2.05) is 0 Å². The van der Waals surface area contributed by atoms with Gasteiger partial charge in [0.1, 0.15) is 48.3 Å². The molecule has 0 spiro atoms. The summed E-state index contributed by atoms with van der Waals surface area (Å²) in [5.41, 5.74) is 22.5. The van der Waals surface area contributed by atoms with Crippen LogP contribution in [0.2, 0.25) is 0 Å². The Morgan fingerprint density at radius 2 is 1.50 bits per heavy atom. The predicted octanol–water partition coefficient (Wildman–Crippen LogP) is -6.26. The molecule has 2 aliphatic heterocycles. The van der Waals surface area contributed by atoms with Crippen LogP contribution in [-0.2, 0) is 18.9 Å². The summed E-state index contributed by atoms with van der Waals surface area (Å²) in [6, 6.07) is -2.78. The highest BCUT2D eigenvalue weighted by atomic mass is 16.7. The van der Waals surface area contributed by atoms with E-state index in [0.29, 0.717) is 0 Å². The van der Waals surface area contributed by atoms with Crippen molar-refractivity contribution in [2.45, 2.75) is 98.5 Å². The molecule has 0 aromatic rings. The molecule has 0 aromatic carbocycles. The van der Waals surface area contributed by atoms with Crippen LogP contribution in [0.25, 0.3) is 0 Å². The smallest absolute Gasteiger partial charge is 0.187 e. The Kier molecular flexibility index (Phi) is 8.12. The van der Waals surface area contributed by atoms with Gasteiger partial charge in [0.25, 0.3) is 0 Å². The fraction of sp³-hybridized carbons (Fsp3) is 1.00. The van der Waals surface area contributed by atoms with E-state index in [-0.39, 0.29) is 13.0 Å². The van der Waals surface area contributed by atoms with Crippen molar-refractivity contribution in [3.05, 3.63) is 0 Å². The molecule has 14 N–H and O–H groups in total. The van der Waals surface area contributed by atoms with Crippen molar-refractivity contribution >= 4 is 0 Å². The van der Waals surface area contributed by atoms with Gasteiger partial charge in [0.2, 0.25) is 0 Å². The van der Waals surface area contributed by atoms with Crippen molar-refractivity contribution in [3.8, 4) is 0 Å². The molecule has 0 radical (unpaired) electrons. The third-order valence-corrected chi connectivity index (χ3v) is 6.59. The third kappa shape index (κ3) is 4.67. The van der Waals surface area contributed by atoms with E-state index < -0.39 is 91.7 Å². The zero-order valence-corrected chi connectivity index (χ0v) is 17.8. The van der Waals surface area contributed by atoms with Crippen molar-refractivity contribution in [2.75, 3.05) is 13.2 Å². The van der Waals surface area contributed by atoms with E-state index >= 15 is 0 Å². The molecule has 2 heterocycles. The predicted molar refractivity (Wildman–Crippen MR) is 106 cm³/mol. The van der Waals surface area contributed by atoms with Gasteiger partial charge in [0, 0.05) is 18.6 Å². The van der Waals surface area contributed by atoms with E-state index in [0.717, 1.165) is 0 Å². The van der Waals surface area contributed by atoms with Crippen molar-refractivity contribution in [1.29, 1.82) is 0 Å². The van der Waals surface area contributed by atoms with Gasteiger partial charge in [-0.15, -0.1) is 0 Å². The van der Waals surface area contributed by atoms with Crippen LogP contribution < -0.4 is 22.9 Å². The molecule has 1 saturated carbocycles. The van der Waals surface area contributed by atoms with Crippen LogP contribution >= 0.6 is 0 Å². The molecule has 1 aliphatic carbocycles. The fourth-order valence-corrected chi connectivity index (χ4v) is 4.33. The molecule has 14 atom stereocenters. The van der Waals surface area contributed by atoms with E-state index in [1.165, 1.54) is 6.92 Å². The molecular formula is C18H36N4O10. The van der Waals surface area contributed by atoms with Gasteiger partial charge < -0.3 is 72.5 Å². The Hall–Kier alpha value is -0.560. The van der Waals surface area contributed by atoms with E-state index in [4.69, 9.17) is 41.9 Å². The van der Waals surface area contributed by atoms with E-state index in [2.05, 4.69) is 0 Å². The third-order valence-electron chi connectivity index (χ3n) is 6.59. The molecule has 0 aromatic heterocycles. The van der Waals surface area contributed by atoms with Gasteiger partial charge in [-0.25, -0.2) is 0 Å². The standard InChI is InChI=1S/C18H36N4O10/c1-18(4-19)15(28)12(27)17(32-18)31-14-9(24)5(20)2-6(21)13(14)30-16-8(22)11(26)10(25)7(3-23)29-16/h5-17,23-28H,2-4,19-22H2,1H3/t5-,6?,7?,8?,9?,10-,11?,12?,13-,14?,15?,16-,17-,18?/m1/s1. The lowest BCUT2D eigenvalue weighted by Gasteiger charge is -2.47. The summed E-state index contributed by atoms with van der Waals surface area (Å²) in [6.07, 6.45) is -13.1. The van der Waals surface area contributed by atoms with Crippen molar-refractivity contribution in [3.63, 3.8) is 0 Å². The highest BCUT2D eigenvalue weighted by Crippen LogP contribution is 2.35. The summed E-state index contributed by atoms with van der Waals surface area (Å²) in [5, 5.41) is 60.9. The van der Waals surface area contributed by atoms with Gasteiger partial charge in [-0.1, -0.05) is 0 Å². The second-order valence-electron chi connectivity index (χ2n) is 8.98. The largest absolute Gasteiger partial charge is 0.394 e. The Labute approximate surface area is 185 Å². The summed E-state index contributed by atoms with van der Waals surface area (Å²) < 4.78 is 22.8. The van der Waals surface area contributed by atoms with Crippen LogP contribution in [0.1, 0.15) is 13.3 Å². The number of aliphatic hydroxyl groups excluding tert-OH is 6. The first-order valence-corrected chi connectivity index (χ1v) is 10.6. The van der Waals surface area contributed by atoms with Crippen molar-refractivity contribution < 1.29 is 49.6 Å². The SMILES string of the molecule is CC1(CN)O[C@@H](OC2C(O)[C@H](N)CC(N)[C@H]2O[C@H]2OC(CO)[C@@H](O)C(O)C2N)C(O)C1O. The second-order valence-corrected chi connectivity index (χ2v) is 8.98. The number of hydrogen-bond acceptors (Lipinski definition) is 14. The number of aliphatic hydroxyl groups is 6.